The van der Waals surface area contributed by atoms with E-state index in [0.29, 0.717) is 0 Å². The van der Waals surface area contributed by atoms with Gasteiger partial charge in [-0.05, 0) is 131 Å². The van der Waals surface area contributed by atoms with E-state index in [4.69, 9.17) is 0 Å². The van der Waals surface area contributed by atoms with Gasteiger partial charge in [-0.3, -0.25) is 0 Å². The van der Waals surface area contributed by atoms with Crippen molar-refractivity contribution in [3.63, 3.8) is 0 Å². The van der Waals surface area contributed by atoms with Crippen LogP contribution < -0.4 is 0 Å². The van der Waals surface area contributed by atoms with Crippen LogP contribution in [0, 0.1) is 23.7 Å². The molecule has 0 aromatic heterocycles. The standard InChI is InChI=1S/C42H38/c1-3-7-35(8-4-1)37-21-15-31(16-22-37)11-13-33-19-25-39-30-42-28-34(20-26-40(42)29-41(39)27-33)14-12-32-17-23-38(24-18-32)36-9-5-2-6-10-36/h15-30,35-36H,1-10H2. The van der Waals surface area contributed by atoms with Crippen molar-refractivity contribution >= 4 is 21.5 Å². The van der Waals surface area contributed by atoms with Crippen LogP contribution in [0.4, 0.5) is 0 Å². The molecule has 2 aliphatic rings. The van der Waals surface area contributed by atoms with Gasteiger partial charge in [0.15, 0.2) is 0 Å². The summed E-state index contributed by atoms with van der Waals surface area (Å²) in [6.07, 6.45) is 13.6. The quantitative estimate of drug-likeness (QED) is 0.154. The molecule has 0 atom stereocenters. The molecule has 0 nitrogen and oxygen atoms in total. The Balaban J connectivity index is 1.06. The fourth-order valence-corrected chi connectivity index (χ4v) is 6.99. The summed E-state index contributed by atoms with van der Waals surface area (Å²) >= 11 is 0. The molecule has 0 saturated heterocycles. The molecule has 0 bridgehead atoms. The molecule has 0 amide bonds. The van der Waals surface area contributed by atoms with Crippen LogP contribution in [0.15, 0.2) is 97.1 Å². The average Bonchev–Trinajstić information content (AvgIpc) is 3.06. The molecule has 0 heteroatoms. The van der Waals surface area contributed by atoms with Crippen LogP contribution in [0.5, 0.6) is 0 Å². The molecule has 2 aliphatic carbocycles. The summed E-state index contributed by atoms with van der Waals surface area (Å²) in [4.78, 5) is 0. The van der Waals surface area contributed by atoms with Crippen molar-refractivity contribution in [2.24, 2.45) is 0 Å². The first kappa shape index (κ1) is 26.6. The van der Waals surface area contributed by atoms with E-state index in [9.17, 15) is 0 Å². The highest BCUT2D eigenvalue weighted by Crippen LogP contribution is 2.33. The molecule has 7 rings (SSSR count). The second kappa shape index (κ2) is 12.3. The number of rotatable bonds is 2. The van der Waals surface area contributed by atoms with Gasteiger partial charge in [0.1, 0.15) is 0 Å². The average molecular weight is 543 g/mol. The van der Waals surface area contributed by atoms with E-state index in [-0.39, 0.29) is 0 Å². The van der Waals surface area contributed by atoms with E-state index in [2.05, 4.69) is 121 Å². The Hall–Kier alpha value is -4.26. The van der Waals surface area contributed by atoms with Crippen molar-refractivity contribution in [2.75, 3.05) is 0 Å². The van der Waals surface area contributed by atoms with Crippen LogP contribution in [0.2, 0.25) is 0 Å². The third kappa shape index (κ3) is 6.15. The van der Waals surface area contributed by atoms with Gasteiger partial charge in [-0.15, -0.1) is 0 Å². The first-order chi connectivity index (χ1) is 20.8. The summed E-state index contributed by atoms with van der Waals surface area (Å²) in [7, 11) is 0. The fraction of sp³-hybridized carbons (Fsp3) is 0.286. The summed E-state index contributed by atoms with van der Waals surface area (Å²) in [5, 5.41) is 4.90. The predicted octanol–water partition coefficient (Wildman–Crippen LogP) is 10.9. The SMILES string of the molecule is C(#Cc1ccc2cc3cc(C#Cc4ccc(C5CCCCC5)cc4)ccc3cc2c1)c1ccc(C2CCCCC2)cc1. The molecule has 0 radical (unpaired) electrons. The van der Waals surface area contributed by atoms with Crippen LogP contribution in [-0.4, -0.2) is 0 Å². The molecule has 5 aromatic carbocycles. The Bertz CT molecular complexity index is 1680. The molecule has 0 unspecified atom stereocenters. The Morgan fingerprint density at radius 2 is 0.690 bits per heavy atom. The maximum atomic E-state index is 3.40. The maximum Gasteiger partial charge on any atom is 0.0255 e. The zero-order chi connectivity index (χ0) is 28.1. The second-order valence-electron chi connectivity index (χ2n) is 12.4. The van der Waals surface area contributed by atoms with E-state index >= 15 is 0 Å². The van der Waals surface area contributed by atoms with Gasteiger partial charge in [0.25, 0.3) is 0 Å². The Labute approximate surface area is 251 Å². The maximum absolute atomic E-state index is 3.40. The van der Waals surface area contributed by atoms with Crippen LogP contribution in [-0.2, 0) is 0 Å². The molecule has 2 fully saturated rings. The van der Waals surface area contributed by atoms with Gasteiger partial charge >= 0.3 is 0 Å². The zero-order valence-electron chi connectivity index (χ0n) is 24.5. The van der Waals surface area contributed by atoms with Crippen molar-refractivity contribution in [3.05, 3.63) is 130 Å². The minimum atomic E-state index is 0.738. The van der Waals surface area contributed by atoms with Crippen molar-refractivity contribution < 1.29 is 0 Å². The number of hydrogen-bond acceptors (Lipinski definition) is 0. The summed E-state index contributed by atoms with van der Waals surface area (Å²) in [5.41, 5.74) is 7.24. The largest absolute Gasteiger partial charge is 0.0617 e. The van der Waals surface area contributed by atoms with Crippen LogP contribution >= 0.6 is 0 Å². The van der Waals surface area contributed by atoms with Gasteiger partial charge in [-0.25, -0.2) is 0 Å². The minimum absolute atomic E-state index is 0.738. The summed E-state index contributed by atoms with van der Waals surface area (Å²) < 4.78 is 0. The van der Waals surface area contributed by atoms with E-state index < -0.39 is 0 Å². The molecule has 0 aliphatic heterocycles. The molecule has 42 heavy (non-hydrogen) atoms. The summed E-state index contributed by atoms with van der Waals surface area (Å²) in [5.74, 6) is 15.0. The molecule has 5 aromatic rings. The lowest BCUT2D eigenvalue weighted by Gasteiger charge is -2.21. The van der Waals surface area contributed by atoms with Gasteiger partial charge in [-0.1, -0.05) is 98.6 Å². The highest BCUT2D eigenvalue weighted by atomic mass is 14.2. The Morgan fingerprint density at radius 3 is 1.10 bits per heavy atom. The Morgan fingerprint density at radius 1 is 0.333 bits per heavy atom. The third-order valence-corrected chi connectivity index (χ3v) is 9.47. The lowest BCUT2D eigenvalue weighted by Crippen LogP contribution is -2.04. The molecule has 0 spiro atoms. The van der Waals surface area contributed by atoms with Crippen LogP contribution in [0.3, 0.4) is 0 Å². The van der Waals surface area contributed by atoms with Crippen molar-refractivity contribution in [3.8, 4) is 23.7 Å². The molecule has 0 N–H and O–H groups in total. The van der Waals surface area contributed by atoms with E-state index in [1.54, 1.807) is 0 Å². The Kier molecular flexibility index (Phi) is 7.81. The van der Waals surface area contributed by atoms with E-state index in [0.717, 1.165) is 34.1 Å². The van der Waals surface area contributed by atoms with Gasteiger partial charge < -0.3 is 0 Å². The first-order valence-corrected chi connectivity index (χ1v) is 16.0. The molecule has 2 saturated carbocycles. The molecule has 206 valence electrons. The molecule has 0 heterocycles. The number of hydrogen-bond donors (Lipinski definition) is 0. The van der Waals surface area contributed by atoms with E-state index in [1.165, 1.54) is 96.9 Å². The molecular weight excluding hydrogens is 504 g/mol. The molecular formula is C42H38. The zero-order valence-corrected chi connectivity index (χ0v) is 24.5. The van der Waals surface area contributed by atoms with Crippen molar-refractivity contribution in [1.82, 2.24) is 0 Å². The second-order valence-corrected chi connectivity index (χ2v) is 12.4. The monoisotopic (exact) mass is 542 g/mol. The predicted molar refractivity (Wildman–Crippen MR) is 178 cm³/mol. The van der Waals surface area contributed by atoms with Gasteiger partial charge in [-0.2, -0.15) is 0 Å². The van der Waals surface area contributed by atoms with Gasteiger partial charge in [0.05, 0.1) is 0 Å². The highest BCUT2D eigenvalue weighted by Gasteiger charge is 2.16. The van der Waals surface area contributed by atoms with E-state index in [1.807, 2.05) is 0 Å². The first-order valence-electron chi connectivity index (χ1n) is 16.0. The summed E-state index contributed by atoms with van der Waals surface area (Å²) in [6, 6.07) is 35.6. The number of benzene rings is 5. The normalized spacial score (nSPS) is 16.0. The van der Waals surface area contributed by atoms with Gasteiger partial charge in [0.2, 0.25) is 0 Å². The highest BCUT2D eigenvalue weighted by molar-refractivity contribution is 5.99. The smallest absolute Gasteiger partial charge is 0.0255 e. The van der Waals surface area contributed by atoms with Crippen LogP contribution in [0.1, 0.15) is 109 Å². The van der Waals surface area contributed by atoms with Crippen LogP contribution in [0.25, 0.3) is 21.5 Å². The lowest BCUT2D eigenvalue weighted by molar-refractivity contribution is 0.443. The topological polar surface area (TPSA) is 0 Å². The van der Waals surface area contributed by atoms with Crippen molar-refractivity contribution in [1.29, 1.82) is 0 Å². The summed E-state index contributed by atoms with van der Waals surface area (Å²) in [6.45, 7) is 0. The van der Waals surface area contributed by atoms with Gasteiger partial charge in [0, 0.05) is 22.3 Å². The number of fused-ring (bicyclic) bond motifs is 2. The minimum Gasteiger partial charge on any atom is -0.0617 e. The van der Waals surface area contributed by atoms with Crippen molar-refractivity contribution in [2.45, 2.75) is 76.0 Å². The third-order valence-electron chi connectivity index (χ3n) is 9.47. The fourth-order valence-electron chi connectivity index (χ4n) is 6.99. The lowest BCUT2D eigenvalue weighted by atomic mass is 9.84.